The summed E-state index contributed by atoms with van der Waals surface area (Å²) >= 11 is 0. The van der Waals surface area contributed by atoms with Crippen LogP contribution in [0.4, 0.5) is 13.2 Å². The normalized spacial score (nSPS) is 22.2. The Morgan fingerprint density at radius 1 is 1.17 bits per heavy atom. The molecular formula is C16H21F3N2O2S. The van der Waals surface area contributed by atoms with Crippen molar-refractivity contribution < 1.29 is 21.6 Å². The zero-order valence-electron chi connectivity index (χ0n) is 13.5. The largest absolute Gasteiger partial charge is 0.416 e. The highest BCUT2D eigenvalue weighted by molar-refractivity contribution is 7.89. The highest BCUT2D eigenvalue weighted by atomic mass is 32.2. The quantitative estimate of drug-likeness (QED) is 0.880. The van der Waals surface area contributed by atoms with Crippen LogP contribution in [0.1, 0.15) is 30.4 Å². The molecule has 2 saturated heterocycles. The van der Waals surface area contributed by atoms with Gasteiger partial charge >= 0.3 is 6.18 Å². The lowest BCUT2D eigenvalue weighted by Crippen LogP contribution is -2.39. The molecule has 0 atom stereocenters. The van der Waals surface area contributed by atoms with E-state index in [4.69, 9.17) is 0 Å². The highest BCUT2D eigenvalue weighted by Gasteiger charge is 2.43. The topological polar surface area (TPSA) is 49.4 Å². The number of hydrogen-bond donors (Lipinski definition) is 1. The van der Waals surface area contributed by atoms with Gasteiger partial charge in [-0.05, 0) is 68.5 Å². The zero-order valence-corrected chi connectivity index (χ0v) is 14.3. The van der Waals surface area contributed by atoms with Gasteiger partial charge in [-0.1, -0.05) is 0 Å². The number of hydrogen-bond acceptors (Lipinski definition) is 3. The summed E-state index contributed by atoms with van der Waals surface area (Å²) < 4.78 is 65.5. The van der Waals surface area contributed by atoms with E-state index in [-0.39, 0.29) is 15.9 Å². The fourth-order valence-corrected chi connectivity index (χ4v) is 5.48. The molecule has 0 unspecified atom stereocenters. The molecule has 2 fully saturated rings. The Morgan fingerprint density at radius 2 is 1.83 bits per heavy atom. The maximum Gasteiger partial charge on any atom is 0.416 e. The Morgan fingerprint density at radius 3 is 2.42 bits per heavy atom. The molecule has 2 aliphatic rings. The Hall–Kier alpha value is -1.12. The average Bonchev–Trinajstić information content (AvgIpc) is 2.91. The number of sulfonamides is 1. The standard InChI is InChI=1S/C16H21F3N2O2S/c1-12-10-13(16(17,18)19)2-3-14(12)24(22,23)21-9-6-15(11-21)4-7-20-8-5-15/h2-3,10,20H,4-9,11H2,1H3. The van der Waals surface area contributed by atoms with Crippen LogP contribution in [0.3, 0.4) is 0 Å². The summed E-state index contributed by atoms with van der Waals surface area (Å²) in [6, 6.07) is 2.83. The molecule has 4 nitrogen and oxygen atoms in total. The maximum absolute atomic E-state index is 12.9. The molecule has 134 valence electrons. The highest BCUT2D eigenvalue weighted by Crippen LogP contribution is 2.41. The number of nitrogens with one attached hydrogen (secondary N) is 1. The lowest BCUT2D eigenvalue weighted by molar-refractivity contribution is -0.137. The molecule has 8 heteroatoms. The number of rotatable bonds is 2. The molecule has 1 aromatic carbocycles. The predicted molar refractivity (Wildman–Crippen MR) is 84.1 cm³/mol. The molecule has 0 amide bonds. The van der Waals surface area contributed by atoms with Gasteiger partial charge in [0, 0.05) is 13.1 Å². The van der Waals surface area contributed by atoms with Crippen molar-refractivity contribution in [3.05, 3.63) is 29.3 Å². The second-order valence-electron chi connectivity index (χ2n) is 6.82. The number of alkyl halides is 3. The third-order valence-corrected chi connectivity index (χ3v) is 7.19. The molecular weight excluding hydrogens is 341 g/mol. The Labute approximate surface area is 140 Å². The van der Waals surface area contributed by atoms with Gasteiger partial charge in [-0.3, -0.25) is 0 Å². The average molecular weight is 362 g/mol. The van der Waals surface area contributed by atoms with Gasteiger partial charge in [0.1, 0.15) is 0 Å². The Kier molecular flexibility index (Phi) is 4.42. The van der Waals surface area contributed by atoms with Crippen molar-refractivity contribution in [2.75, 3.05) is 26.2 Å². The first kappa shape index (κ1) is 17.7. The van der Waals surface area contributed by atoms with E-state index < -0.39 is 21.8 Å². The number of nitrogens with zero attached hydrogens (tertiary/aromatic N) is 1. The molecule has 0 bridgehead atoms. The minimum atomic E-state index is -4.47. The van der Waals surface area contributed by atoms with E-state index in [1.54, 1.807) is 0 Å². The van der Waals surface area contributed by atoms with Gasteiger partial charge in [0.05, 0.1) is 10.5 Å². The van der Waals surface area contributed by atoms with E-state index in [1.165, 1.54) is 11.2 Å². The fourth-order valence-electron chi connectivity index (χ4n) is 3.72. The summed E-state index contributed by atoms with van der Waals surface area (Å²) in [7, 11) is -3.76. The van der Waals surface area contributed by atoms with E-state index in [1.807, 2.05) is 0 Å². The first-order chi connectivity index (χ1) is 11.1. The summed E-state index contributed by atoms with van der Waals surface area (Å²) in [5.74, 6) is 0. The number of benzene rings is 1. The summed E-state index contributed by atoms with van der Waals surface area (Å²) in [5, 5.41) is 3.28. The van der Waals surface area contributed by atoms with Crippen molar-refractivity contribution in [3.8, 4) is 0 Å². The molecule has 24 heavy (non-hydrogen) atoms. The fraction of sp³-hybridized carbons (Fsp3) is 0.625. The molecule has 2 heterocycles. The SMILES string of the molecule is Cc1cc(C(F)(F)F)ccc1S(=O)(=O)N1CCC2(CCNCC2)C1. The van der Waals surface area contributed by atoms with Gasteiger partial charge < -0.3 is 5.32 Å². The van der Waals surface area contributed by atoms with Gasteiger partial charge in [0.25, 0.3) is 0 Å². The van der Waals surface area contributed by atoms with Crippen molar-refractivity contribution >= 4 is 10.0 Å². The minimum Gasteiger partial charge on any atom is -0.317 e. The maximum atomic E-state index is 12.9. The zero-order chi connectivity index (χ0) is 17.6. The summed E-state index contributed by atoms with van der Waals surface area (Å²) in [6.45, 7) is 4.07. The molecule has 0 aromatic heterocycles. The van der Waals surface area contributed by atoms with E-state index in [2.05, 4.69) is 5.32 Å². The summed E-state index contributed by atoms with van der Waals surface area (Å²) in [5.41, 5.74) is -0.677. The van der Waals surface area contributed by atoms with Crippen LogP contribution in [0.25, 0.3) is 0 Å². The smallest absolute Gasteiger partial charge is 0.317 e. The summed E-state index contributed by atoms with van der Waals surface area (Å²) in [6.07, 6.45) is -1.79. The van der Waals surface area contributed by atoms with Crippen LogP contribution in [0.15, 0.2) is 23.1 Å². The monoisotopic (exact) mass is 362 g/mol. The van der Waals surface area contributed by atoms with Gasteiger partial charge in [-0.25, -0.2) is 8.42 Å². The Balaban J connectivity index is 1.86. The molecule has 2 aliphatic heterocycles. The number of piperidine rings is 1. The van der Waals surface area contributed by atoms with Crippen LogP contribution in [0, 0.1) is 12.3 Å². The molecule has 1 aromatic rings. The lowest BCUT2D eigenvalue weighted by atomic mass is 9.78. The van der Waals surface area contributed by atoms with Crippen molar-refractivity contribution in [1.82, 2.24) is 9.62 Å². The van der Waals surface area contributed by atoms with Crippen molar-refractivity contribution in [2.45, 2.75) is 37.3 Å². The third kappa shape index (κ3) is 3.19. The molecule has 0 radical (unpaired) electrons. The van der Waals surface area contributed by atoms with E-state index in [0.29, 0.717) is 13.1 Å². The first-order valence-electron chi connectivity index (χ1n) is 8.03. The minimum absolute atomic E-state index is 0.0120. The van der Waals surface area contributed by atoms with Crippen LogP contribution in [0.5, 0.6) is 0 Å². The second-order valence-corrected chi connectivity index (χ2v) is 8.72. The molecule has 0 saturated carbocycles. The van der Waals surface area contributed by atoms with Gasteiger partial charge in [-0.2, -0.15) is 17.5 Å². The molecule has 1 spiro atoms. The predicted octanol–water partition coefficient (Wildman–Crippen LogP) is 2.78. The summed E-state index contributed by atoms with van der Waals surface area (Å²) in [4.78, 5) is -0.0264. The lowest BCUT2D eigenvalue weighted by Gasteiger charge is -2.33. The van der Waals surface area contributed by atoms with Crippen molar-refractivity contribution in [3.63, 3.8) is 0 Å². The van der Waals surface area contributed by atoms with E-state index in [9.17, 15) is 21.6 Å². The van der Waals surface area contributed by atoms with Crippen LogP contribution in [-0.4, -0.2) is 38.9 Å². The van der Waals surface area contributed by atoms with Crippen LogP contribution in [-0.2, 0) is 16.2 Å². The van der Waals surface area contributed by atoms with Crippen molar-refractivity contribution in [2.24, 2.45) is 5.41 Å². The van der Waals surface area contributed by atoms with Gasteiger partial charge in [-0.15, -0.1) is 0 Å². The van der Waals surface area contributed by atoms with Crippen LogP contribution in [0.2, 0.25) is 0 Å². The number of aryl methyl sites for hydroxylation is 1. The van der Waals surface area contributed by atoms with Crippen LogP contribution >= 0.6 is 0 Å². The molecule has 0 aliphatic carbocycles. The Bertz CT molecular complexity index is 725. The van der Waals surface area contributed by atoms with E-state index >= 15 is 0 Å². The number of halogens is 3. The van der Waals surface area contributed by atoms with E-state index in [0.717, 1.165) is 50.6 Å². The first-order valence-corrected chi connectivity index (χ1v) is 9.47. The molecule has 1 N–H and O–H groups in total. The molecule has 3 rings (SSSR count). The van der Waals surface area contributed by atoms with Gasteiger partial charge in [0.2, 0.25) is 10.0 Å². The van der Waals surface area contributed by atoms with Crippen molar-refractivity contribution in [1.29, 1.82) is 0 Å². The second kappa shape index (κ2) is 6.00. The van der Waals surface area contributed by atoms with Crippen LogP contribution < -0.4 is 5.32 Å². The third-order valence-electron chi connectivity index (χ3n) is 5.19. The van der Waals surface area contributed by atoms with Gasteiger partial charge in [0.15, 0.2) is 0 Å².